The van der Waals surface area contributed by atoms with Gasteiger partial charge in [0, 0.05) is 12.6 Å². The highest BCUT2D eigenvalue weighted by atomic mass is 32.2. The lowest BCUT2D eigenvalue weighted by atomic mass is 9.95. The molecule has 0 spiro atoms. The summed E-state index contributed by atoms with van der Waals surface area (Å²) in [7, 11) is -1.85. The van der Waals surface area contributed by atoms with E-state index in [1.165, 1.54) is 4.68 Å². The van der Waals surface area contributed by atoms with E-state index in [1.54, 1.807) is 19.2 Å². The molecule has 22 heavy (non-hydrogen) atoms. The third-order valence-corrected chi connectivity index (χ3v) is 6.08. The number of hydrogen-bond acceptors (Lipinski definition) is 3. The summed E-state index contributed by atoms with van der Waals surface area (Å²) >= 11 is 0. The Kier molecular flexibility index (Phi) is 4.75. The van der Waals surface area contributed by atoms with Gasteiger partial charge in [-0.1, -0.05) is 31.5 Å². The number of aryl methyl sites for hydroxylation is 3. The fourth-order valence-electron chi connectivity index (χ4n) is 2.97. The van der Waals surface area contributed by atoms with Gasteiger partial charge in [0.05, 0.1) is 10.6 Å². The molecule has 0 amide bonds. The second-order valence-electron chi connectivity index (χ2n) is 5.76. The average molecular weight is 320 g/mol. The number of rotatable bonds is 5. The fourth-order valence-corrected chi connectivity index (χ4v) is 4.68. The van der Waals surface area contributed by atoms with E-state index in [4.69, 9.17) is 0 Å². The smallest absolute Gasteiger partial charge is 0.223 e. The monoisotopic (exact) mass is 320 g/mol. The van der Waals surface area contributed by atoms with E-state index in [9.17, 15) is 8.42 Å². The van der Waals surface area contributed by atoms with Crippen LogP contribution in [0.4, 0.5) is 0 Å². The second kappa shape index (κ2) is 6.24. The Bertz CT molecular complexity index is 755. The van der Waals surface area contributed by atoms with Crippen molar-refractivity contribution in [1.29, 1.82) is 0 Å². The zero-order valence-corrected chi connectivity index (χ0v) is 14.7. The summed E-state index contributed by atoms with van der Waals surface area (Å²) in [6.07, 6.45) is 1.80. The number of benzene rings is 1. The standard InChI is InChI=1S/C17H24N2O2S/c1-6-14(7-2)16-13(4)18-19(5)17(16)22(20,21)15-10-8-12(3)9-11-15/h8-11,14H,6-7H2,1-5H3. The van der Waals surface area contributed by atoms with Gasteiger partial charge in [-0.05, 0) is 44.7 Å². The molecule has 0 aliphatic carbocycles. The lowest BCUT2D eigenvalue weighted by Gasteiger charge is -2.15. The van der Waals surface area contributed by atoms with Crippen LogP contribution >= 0.6 is 0 Å². The van der Waals surface area contributed by atoms with Gasteiger partial charge in [0.2, 0.25) is 9.84 Å². The van der Waals surface area contributed by atoms with Crippen LogP contribution in [-0.2, 0) is 16.9 Å². The summed E-state index contributed by atoms with van der Waals surface area (Å²) in [6, 6.07) is 6.99. The minimum atomic E-state index is -3.56. The second-order valence-corrected chi connectivity index (χ2v) is 7.62. The molecular weight excluding hydrogens is 296 g/mol. The van der Waals surface area contributed by atoms with E-state index in [1.807, 2.05) is 26.0 Å². The van der Waals surface area contributed by atoms with Crippen molar-refractivity contribution in [3.63, 3.8) is 0 Å². The first-order valence-electron chi connectivity index (χ1n) is 7.68. The van der Waals surface area contributed by atoms with Gasteiger partial charge in [0.1, 0.15) is 0 Å². The van der Waals surface area contributed by atoms with Crippen molar-refractivity contribution >= 4 is 9.84 Å². The Morgan fingerprint density at radius 3 is 2.14 bits per heavy atom. The summed E-state index contributed by atoms with van der Waals surface area (Å²) in [5, 5.41) is 4.71. The zero-order chi connectivity index (χ0) is 16.5. The fraction of sp³-hybridized carbons (Fsp3) is 0.471. The molecule has 2 aromatic rings. The van der Waals surface area contributed by atoms with Gasteiger partial charge < -0.3 is 0 Å². The van der Waals surface area contributed by atoms with Crippen molar-refractivity contribution in [3.8, 4) is 0 Å². The maximum absolute atomic E-state index is 13.1. The van der Waals surface area contributed by atoms with Crippen molar-refractivity contribution in [2.24, 2.45) is 7.05 Å². The Balaban J connectivity index is 2.68. The molecule has 1 aromatic heterocycles. The molecule has 0 N–H and O–H groups in total. The van der Waals surface area contributed by atoms with Crippen LogP contribution in [0.5, 0.6) is 0 Å². The highest BCUT2D eigenvalue weighted by molar-refractivity contribution is 7.91. The molecule has 0 radical (unpaired) electrons. The number of aromatic nitrogens is 2. The lowest BCUT2D eigenvalue weighted by Crippen LogP contribution is -2.12. The Morgan fingerprint density at radius 2 is 1.64 bits per heavy atom. The third kappa shape index (κ3) is 2.82. The van der Waals surface area contributed by atoms with Crippen LogP contribution in [0, 0.1) is 13.8 Å². The summed E-state index contributed by atoms with van der Waals surface area (Å²) in [5.41, 5.74) is 2.72. The van der Waals surface area contributed by atoms with E-state index >= 15 is 0 Å². The predicted octanol–water partition coefficient (Wildman–Crippen LogP) is 3.77. The maximum Gasteiger partial charge on any atom is 0.223 e. The molecule has 0 bridgehead atoms. The normalized spacial score (nSPS) is 12.1. The van der Waals surface area contributed by atoms with Crippen LogP contribution in [0.3, 0.4) is 0 Å². The molecule has 0 saturated carbocycles. The van der Waals surface area contributed by atoms with E-state index in [-0.39, 0.29) is 5.92 Å². The Hall–Kier alpha value is -1.62. The van der Waals surface area contributed by atoms with Crippen LogP contribution in [0.25, 0.3) is 0 Å². The SMILES string of the molecule is CCC(CC)c1c(C)nn(C)c1S(=O)(=O)c1ccc(C)cc1. The number of nitrogens with zero attached hydrogens (tertiary/aromatic N) is 2. The molecule has 0 atom stereocenters. The molecule has 5 heteroatoms. The molecule has 0 aliphatic rings. The molecule has 0 saturated heterocycles. The van der Waals surface area contributed by atoms with E-state index in [0.29, 0.717) is 9.92 Å². The highest BCUT2D eigenvalue weighted by Crippen LogP contribution is 2.34. The largest absolute Gasteiger partial charge is 0.256 e. The van der Waals surface area contributed by atoms with E-state index in [2.05, 4.69) is 18.9 Å². The van der Waals surface area contributed by atoms with Crippen LogP contribution in [0.15, 0.2) is 34.2 Å². The van der Waals surface area contributed by atoms with Crippen molar-refractivity contribution in [2.75, 3.05) is 0 Å². The van der Waals surface area contributed by atoms with Gasteiger partial charge in [-0.25, -0.2) is 8.42 Å². The molecule has 120 valence electrons. The number of sulfone groups is 1. The first kappa shape index (κ1) is 16.7. The molecule has 0 fully saturated rings. The van der Waals surface area contributed by atoms with E-state index < -0.39 is 9.84 Å². The summed E-state index contributed by atoms with van der Waals surface area (Å²) in [4.78, 5) is 0.327. The van der Waals surface area contributed by atoms with Crippen molar-refractivity contribution in [1.82, 2.24) is 9.78 Å². The molecule has 4 nitrogen and oxygen atoms in total. The van der Waals surface area contributed by atoms with Gasteiger partial charge >= 0.3 is 0 Å². The molecular formula is C17H24N2O2S. The first-order chi connectivity index (χ1) is 10.3. The van der Waals surface area contributed by atoms with Gasteiger partial charge in [0.25, 0.3) is 0 Å². The average Bonchev–Trinajstić information content (AvgIpc) is 2.76. The van der Waals surface area contributed by atoms with Gasteiger partial charge in [-0.2, -0.15) is 5.10 Å². The van der Waals surface area contributed by atoms with Gasteiger partial charge in [-0.3, -0.25) is 4.68 Å². The summed E-state index contributed by atoms with van der Waals surface area (Å²) < 4.78 is 27.7. The number of hydrogen-bond donors (Lipinski definition) is 0. The summed E-state index contributed by atoms with van der Waals surface area (Å²) in [5.74, 6) is 0.212. The Labute approximate surface area is 133 Å². The minimum Gasteiger partial charge on any atom is -0.256 e. The van der Waals surface area contributed by atoms with Crippen LogP contribution in [0.2, 0.25) is 0 Å². The quantitative estimate of drug-likeness (QED) is 0.842. The topological polar surface area (TPSA) is 52.0 Å². The molecule has 1 heterocycles. The van der Waals surface area contributed by atoms with Crippen molar-refractivity contribution in [3.05, 3.63) is 41.1 Å². The third-order valence-electron chi connectivity index (χ3n) is 4.19. The minimum absolute atomic E-state index is 0.212. The summed E-state index contributed by atoms with van der Waals surface area (Å²) in [6.45, 7) is 8.01. The molecule has 2 rings (SSSR count). The predicted molar refractivity (Wildman–Crippen MR) is 87.9 cm³/mol. The van der Waals surface area contributed by atoms with Crippen molar-refractivity contribution < 1.29 is 8.42 Å². The zero-order valence-electron chi connectivity index (χ0n) is 13.9. The van der Waals surface area contributed by atoms with Crippen LogP contribution < -0.4 is 0 Å². The van der Waals surface area contributed by atoms with E-state index in [0.717, 1.165) is 29.7 Å². The highest BCUT2D eigenvalue weighted by Gasteiger charge is 2.30. The maximum atomic E-state index is 13.1. The van der Waals surface area contributed by atoms with Crippen LogP contribution in [-0.4, -0.2) is 18.2 Å². The molecule has 0 unspecified atom stereocenters. The van der Waals surface area contributed by atoms with Gasteiger partial charge in [-0.15, -0.1) is 0 Å². The molecule has 0 aliphatic heterocycles. The first-order valence-corrected chi connectivity index (χ1v) is 9.16. The van der Waals surface area contributed by atoms with Crippen molar-refractivity contribution in [2.45, 2.75) is 56.4 Å². The Morgan fingerprint density at radius 1 is 1.09 bits per heavy atom. The lowest BCUT2D eigenvalue weighted by molar-refractivity contribution is 0.563. The molecule has 1 aromatic carbocycles. The van der Waals surface area contributed by atoms with Gasteiger partial charge in [0.15, 0.2) is 5.03 Å². The van der Waals surface area contributed by atoms with Crippen LogP contribution in [0.1, 0.15) is 49.4 Å².